The highest BCUT2D eigenvalue weighted by Crippen LogP contribution is 2.27. The van der Waals surface area contributed by atoms with Crippen LogP contribution in [0.2, 0.25) is 0 Å². The highest BCUT2D eigenvalue weighted by atomic mass is 19.3. The minimum atomic E-state index is -2.67. The number of aryl methyl sites for hydroxylation is 2. The molecule has 0 aromatic carbocycles. The standard InChI is InChI=1S/C24H27F2N11O/c1-15-19(8-16(9-30-15)22(38)29-5-7-37-6-3-4-24(25,26)13-37)33-20-18-12-31-23(34-21(18)36(2)35-20)32-17-10-27-14-28-11-17/h8-12,14H,3-7,13H2,1-2H3,(H,29,38)(H,33,35)(H,31,32,34). The van der Waals surface area contributed by atoms with E-state index in [2.05, 4.69) is 46.0 Å². The van der Waals surface area contributed by atoms with Gasteiger partial charge >= 0.3 is 0 Å². The molecular formula is C24H27F2N11O. The summed E-state index contributed by atoms with van der Waals surface area (Å²) in [7, 11) is 1.77. The largest absolute Gasteiger partial charge is 0.351 e. The van der Waals surface area contributed by atoms with E-state index in [4.69, 9.17) is 0 Å². The number of hydrogen-bond donors (Lipinski definition) is 3. The van der Waals surface area contributed by atoms with E-state index in [0.29, 0.717) is 64.9 Å². The Hall–Kier alpha value is -4.33. The summed E-state index contributed by atoms with van der Waals surface area (Å²) >= 11 is 0. The molecule has 1 aliphatic rings. The van der Waals surface area contributed by atoms with Crippen LogP contribution < -0.4 is 16.0 Å². The molecular weight excluding hydrogens is 496 g/mol. The van der Waals surface area contributed by atoms with Gasteiger partial charge in [0.15, 0.2) is 11.5 Å². The van der Waals surface area contributed by atoms with E-state index in [1.807, 2.05) is 6.92 Å². The number of hydrogen-bond acceptors (Lipinski definition) is 10. The van der Waals surface area contributed by atoms with Gasteiger partial charge < -0.3 is 16.0 Å². The lowest BCUT2D eigenvalue weighted by Gasteiger charge is -2.32. The smallest absolute Gasteiger partial charge is 0.260 e. The monoisotopic (exact) mass is 523 g/mol. The first-order valence-electron chi connectivity index (χ1n) is 12.1. The number of carbonyl (C=O) groups is 1. The third-order valence-corrected chi connectivity index (χ3v) is 6.18. The number of aromatic nitrogens is 7. The molecule has 38 heavy (non-hydrogen) atoms. The molecule has 198 valence electrons. The highest BCUT2D eigenvalue weighted by molar-refractivity contribution is 5.96. The normalized spacial score (nSPS) is 15.4. The maximum Gasteiger partial charge on any atom is 0.260 e. The fourth-order valence-electron chi connectivity index (χ4n) is 4.26. The summed E-state index contributed by atoms with van der Waals surface area (Å²) in [6, 6.07) is 1.68. The molecule has 0 radical (unpaired) electrons. The van der Waals surface area contributed by atoms with Crippen LogP contribution in [0.25, 0.3) is 11.0 Å². The number of amides is 1. The first-order chi connectivity index (χ1) is 18.3. The van der Waals surface area contributed by atoms with E-state index < -0.39 is 5.92 Å². The number of fused-ring (bicyclic) bond motifs is 1. The Morgan fingerprint density at radius 2 is 1.95 bits per heavy atom. The SMILES string of the molecule is Cc1ncc(C(=O)NCCN2CCCC(F)(F)C2)cc1Nc1nn(C)c2nc(Nc3cncnc3)ncc12. The van der Waals surface area contributed by atoms with Gasteiger partial charge in [-0.05, 0) is 26.0 Å². The van der Waals surface area contributed by atoms with Crippen LogP contribution in [0.3, 0.4) is 0 Å². The van der Waals surface area contributed by atoms with E-state index in [1.165, 1.54) is 12.5 Å². The van der Waals surface area contributed by atoms with Gasteiger partial charge in [0, 0.05) is 39.0 Å². The molecule has 1 fully saturated rings. The van der Waals surface area contributed by atoms with Crippen molar-refractivity contribution >= 4 is 40.1 Å². The number of piperidine rings is 1. The van der Waals surface area contributed by atoms with Crippen molar-refractivity contribution in [1.29, 1.82) is 0 Å². The maximum absolute atomic E-state index is 13.6. The molecule has 5 rings (SSSR count). The van der Waals surface area contributed by atoms with E-state index in [9.17, 15) is 13.6 Å². The molecule has 5 heterocycles. The van der Waals surface area contributed by atoms with Crippen molar-refractivity contribution in [2.24, 2.45) is 7.05 Å². The Bertz CT molecular complexity index is 1440. The molecule has 0 bridgehead atoms. The number of rotatable bonds is 8. The molecule has 0 aliphatic carbocycles. The quantitative estimate of drug-likeness (QED) is 0.316. The third-order valence-electron chi connectivity index (χ3n) is 6.18. The van der Waals surface area contributed by atoms with Gasteiger partial charge in [-0.3, -0.25) is 14.7 Å². The van der Waals surface area contributed by atoms with Gasteiger partial charge in [0.2, 0.25) is 5.95 Å². The molecule has 1 aliphatic heterocycles. The molecule has 4 aromatic heterocycles. The summed E-state index contributed by atoms with van der Waals surface area (Å²) in [6.07, 6.45) is 8.15. The Kier molecular flexibility index (Phi) is 7.05. The highest BCUT2D eigenvalue weighted by Gasteiger charge is 2.34. The molecule has 1 amide bonds. The van der Waals surface area contributed by atoms with E-state index in [1.54, 1.807) is 41.3 Å². The van der Waals surface area contributed by atoms with Crippen LogP contribution >= 0.6 is 0 Å². The van der Waals surface area contributed by atoms with Gasteiger partial charge in [-0.2, -0.15) is 10.1 Å². The molecule has 12 nitrogen and oxygen atoms in total. The van der Waals surface area contributed by atoms with E-state index in [0.717, 1.165) is 0 Å². The number of nitrogens with one attached hydrogen (secondary N) is 3. The zero-order valence-corrected chi connectivity index (χ0v) is 20.9. The minimum absolute atomic E-state index is 0.0838. The first-order valence-corrected chi connectivity index (χ1v) is 12.1. The number of carbonyl (C=O) groups excluding carboxylic acids is 1. The van der Waals surface area contributed by atoms with Crippen molar-refractivity contribution < 1.29 is 13.6 Å². The van der Waals surface area contributed by atoms with E-state index in [-0.39, 0.29) is 25.4 Å². The van der Waals surface area contributed by atoms with Crippen molar-refractivity contribution in [2.45, 2.75) is 25.7 Å². The number of alkyl halides is 2. The molecule has 4 aromatic rings. The Labute approximate surface area is 216 Å². The predicted molar refractivity (Wildman–Crippen MR) is 137 cm³/mol. The topological polar surface area (TPSA) is 139 Å². The first kappa shape index (κ1) is 25.3. The molecule has 0 atom stereocenters. The fourth-order valence-corrected chi connectivity index (χ4v) is 4.26. The summed E-state index contributed by atoms with van der Waals surface area (Å²) in [4.78, 5) is 35.6. The lowest BCUT2D eigenvalue weighted by Crippen LogP contribution is -2.45. The molecule has 14 heteroatoms. The second kappa shape index (κ2) is 10.6. The van der Waals surface area contributed by atoms with Crippen molar-refractivity contribution in [3.63, 3.8) is 0 Å². The van der Waals surface area contributed by atoms with Crippen molar-refractivity contribution in [2.75, 3.05) is 36.8 Å². The van der Waals surface area contributed by atoms with Gasteiger partial charge in [-0.1, -0.05) is 0 Å². The van der Waals surface area contributed by atoms with Crippen molar-refractivity contribution in [3.05, 3.63) is 48.4 Å². The van der Waals surface area contributed by atoms with Crippen LogP contribution in [0.4, 0.5) is 31.9 Å². The summed E-state index contributed by atoms with van der Waals surface area (Å²) in [6.45, 7) is 2.76. The van der Waals surface area contributed by atoms with Crippen LogP contribution in [-0.2, 0) is 7.05 Å². The molecule has 0 spiro atoms. The fraction of sp³-hybridized carbons (Fsp3) is 0.375. The lowest BCUT2D eigenvalue weighted by molar-refractivity contribution is -0.0632. The predicted octanol–water partition coefficient (Wildman–Crippen LogP) is 2.80. The lowest BCUT2D eigenvalue weighted by atomic mass is 10.1. The number of nitrogens with zero attached hydrogens (tertiary/aromatic N) is 8. The second-order valence-electron chi connectivity index (χ2n) is 9.13. The summed E-state index contributed by atoms with van der Waals surface area (Å²) < 4.78 is 28.8. The number of likely N-dealkylation sites (tertiary alicyclic amines) is 1. The summed E-state index contributed by atoms with van der Waals surface area (Å²) in [5.74, 6) is -2.13. The number of anilines is 4. The van der Waals surface area contributed by atoms with Crippen LogP contribution in [0.1, 0.15) is 28.9 Å². The number of pyridine rings is 1. The van der Waals surface area contributed by atoms with Crippen molar-refractivity contribution in [3.8, 4) is 0 Å². The second-order valence-corrected chi connectivity index (χ2v) is 9.13. The molecule has 0 unspecified atom stereocenters. The van der Waals surface area contributed by atoms with Gasteiger partial charge in [0.05, 0.1) is 47.0 Å². The maximum atomic E-state index is 13.6. The molecule has 0 saturated carbocycles. The Balaban J connectivity index is 1.26. The third kappa shape index (κ3) is 5.80. The minimum Gasteiger partial charge on any atom is -0.351 e. The zero-order chi connectivity index (χ0) is 26.7. The number of halogens is 2. The zero-order valence-electron chi connectivity index (χ0n) is 20.9. The van der Waals surface area contributed by atoms with Gasteiger partial charge in [0.1, 0.15) is 6.33 Å². The molecule has 1 saturated heterocycles. The average Bonchev–Trinajstić information content (AvgIpc) is 3.19. The Morgan fingerprint density at radius 3 is 2.74 bits per heavy atom. The average molecular weight is 524 g/mol. The van der Waals surface area contributed by atoms with Gasteiger partial charge in [-0.25, -0.2) is 28.4 Å². The van der Waals surface area contributed by atoms with Crippen LogP contribution in [0, 0.1) is 6.92 Å². The summed E-state index contributed by atoms with van der Waals surface area (Å²) in [5.41, 5.74) is 2.84. The van der Waals surface area contributed by atoms with Crippen LogP contribution in [-0.4, -0.2) is 77.6 Å². The summed E-state index contributed by atoms with van der Waals surface area (Å²) in [5, 5.41) is 14.3. The van der Waals surface area contributed by atoms with Gasteiger partial charge in [0.25, 0.3) is 11.8 Å². The van der Waals surface area contributed by atoms with Crippen molar-refractivity contribution in [1.82, 2.24) is 44.9 Å². The molecule has 3 N–H and O–H groups in total. The van der Waals surface area contributed by atoms with Crippen LogP contribution in [0.5, 0.6) is 0 Å². The van der Waals surface area contributed by atoms with E-state index >= 15 is 0 Å². The van der Waals surface area contributed by atoms with Gasteiger partial charge in [-0.15, -0.1) is 0 Å². The van der Waals surface area contributed by atoms with Crippen LogP contribution in [0.15, 0.2) is 37.2 Å². The Morgan fingerprint density at radius 1 is 1.13 bits per heavy atom.